The van der Waals surface area contributed by atoms with Crippen molar-refractivity contribution in [3.63, 3.8) is 0 Å². The summed E-state index contributed by atoms with van der Waals surface area (Å²) in [4.78, 5) is 0. The molecular weight excluding hydrogens is 150 g/mol. The minimum atomic E-state index is 0.942. The Morgan fingerprint density at radius 2 is 2.25 bits per heavy atom. The van der Waals surface area contributed by atoms with Gasteiger partial charge in [0.15, 0.2) is 5.65 Å². The molecule has 0 N–H and O–H groups in total. The van der Waals surface area contributed by atoms with E-state index in [9.17, 15) is 0 Å². The molecule has 3 heteroatoms. The van der Waals surface area contributed by atoms with Crippen molar-refractivity contribution in [2.24, 2.45) is 7.05 Å². The van der Waals surface area contributed by atoms with E-state index >= 15 is 0 Å². The lowest BCUT2D eigenvalue weighted by atomic mass is 10.3. The van der Waals surface area contributed by atoms with Crippen LogP contribution < -0.4 is 0 Å². The fourth-order valence-corrected chi connectivity index (χ4v) is 1.27. The standard InChI is InChI=1S/C9H11N3/c1-3-8-6-7-4-5-12(2)9(7)11-10-8/h4-6H,3H2,1-2H3. The average Bonchev–Trinajstić information content (AvgIpc) is 2.47. The summed E-state index contributed by atoms with van der Waals surface area (Å²) in [6.45, 7) is 2.08. The molecule has 0 saturated heterocycles. The van der Waals surface area contributed by atoms with E-state index in [-0.39, 0.29) is 0 Å². The highest BCUT2D eigenvalue weighted by atomic mass is 15.2. The first kappa shape index (κ1) is 7.28. The molecule has 2 aromatic heterocycles. The lowest BCUT2D eigenvalue weighted by molar-refractivity contribution is 0.886. The van der Waals surface area contributed by atoms with Crippen molar-refractivity contribution in [2.45, 2.75) is 13.3 Å². The summed E-state index contributed by atoms with van der Waals surface area (Å²) in [7, 11) is 1.97. The predicted molar refractivity (Wildman–Crippen MR) is 47.9 cm³/mol. The van der Waals surface area contributed by atoms with Crippen molar-refractivity contribution in [1.82, 2.24) is 14.8 Å². The zero-order valence-electron chi connectivity index (χ0n) is 7.28. The fraction of sp³-hybridized carbons (Fsp3) is 0.333. The molecule has 0 aliphatic carbocycles. The van der Waals surface area contributed by atoms with Crippen LogP contribution in [0, 0.1) is 0 Å². The summed E-state index contributed by atoms with van der Waals surface area (Å²) in [5.41, 5.74) is 2.00. The summed E-state index contributed by atoms with van der Waals surface area (Å²) in [6, 6.07) is 4.14. The minimum absolute atomic E-state index is 0.942. The van der Waals surface area contributed by atoms with Gasteiger partial charge in [-0.15, -0.1) is 5.10 Å². The molecule has 2 rings (SSSR count). The number of hydrogen-bond acceptors (Lipinski definition) is 2. The molecule has 0 amide bonds. The smallest absolute Gasteiger partial charge is 0.162 e. The first-order valence-corrected chi connectivity index (χ1v) is 4.09. The van der Waals surface area contributed by atoms with E-state index in [1.54, 1.807) is 0 Å². The number of rotatable bonds is 1. The molecule has 0 spiro atoms. The second-order valence-electron chi connectivity index (χ2n) is 2.89. The maximum absolute atomic E-state index is 4.12. The van der Waals surface area contributed by atoms with Crippen LogP contribution in [0.15, 0.2) is 18.3 Å². The van der Waals surface area contributed by atoms with Gasteiger partial charge in [-0.25, -0.2) is 0 Å². The van der Waals surface area contributed by atoms with Gasteiger partial charge < -0.3 is 4.57 Å². The van der Waals surface area contributed by atoms with Crippen molar-refractivity contribution in [3.05, 3.63) is 24.0 Å². The van der Waals surface area contributed by atoms with Crippen LogP contribution in [-0.4, -0.2) is 14.8 Å². The Balaban J connectivity index is 2.69. The molecule has 0 unspecified atom stereocenters. The summed E-state index contributed by atoms with van der Waals surface area (Å²) < 4.78 is 1.97. The zero-order valence-corrected chi connectivity index (χ0v) is 7.28. The highest BCUT2D eigenvalue weighted by molar-refractivity contribution is 5.75. The zero-order chi connectivity index (χ0) is 8.55. The molecule has 0 fully saturated rings. The molecule has 3 nitrogen and oxygen atoms in total. The van der Waals surface area contributed by atoms with Gasteiger partial charge in [-0.1, -0.05) is 6.92 Å². The lowest BCUT2D eigenvalue weighted by Gasteiger charge is -1.95. The van der Waals surface area contributed by atoms with E-state index < -0.39 is 0 Å². The van der Waals surface area contributed by atoms with Crippen LogP contribution >= 0.6 is 0 Å². The Labute approximate surface area is 71.0 Å². The summed E-state index contributed by atoms with van der Waals surface area (Å²) >= 11 is 0. The van der Waals surface area contributed by atoms with Crippen LogP contribution in [0.3, 0.4) is 0 Å². The van der Waals surface area contributed by atoms with Crippen molar-refractivity contribution < 1.29 is 0 Å². The quantitative estimate of drug-likeness (QED) is 0.635. The third kappa shape index (κ3) is 0.978. The highest BCUT2D eigenvalue weighted by Gasteiger charge is 2.00. The molecular formula is C9H11N3. The van der Waals surface area contributed by atoms with Gasteiger partial charge in [0.1, 0.15) is 0 Å². The molecule has 0 atom stereocenters. The Kier molecular flexibility index (Phi) is 1.57. The number of hydrogen-bond donors (Lipinski definition) is 0. The molecule has 0 bridgehead atoms. The van der Waals surface area contributed by atoms with E-state index in [1.807, 2.05) is 17.8 Å². The van der Waals surface area contributed by atoms with E-state index in [0.717, 1.165) is 17.8 Å². The molecule has 2 heterocycles. The van der Waals surface area contributed by atoms with E-state index in [4.69, 9.17) is 0 Å². The Morgan fingerprint density at radius 1 is 1.42 bits per heavy atom. The van der Waals surface area contributed by atoms with E-state index in [2.05, 4.69) is 29.3 Å². The third-order valence-electron chi connectivity index (χ3n) is 2.03. The van der Waals surface area contributed by atoms with Crippen LogP contribution in [-0.2, 0) is 13.5 Å². The molecule has 0 aromatic carbocycles. The first-order valence-electron chi connectivity index (χ1n) is 4.09. The van der Waals surface area contributed by atoms with Gasteiger partial charge in [0, 0.05) is 18.6 Å². The Hall–Kier alpha value is -1.38. The predicted octanol–water partition coefficient (Wildman–Crippen LogP) is 1.53. The number of aromatic nitrogens is 3. The number of nitrogens with zero attached hydrogens (tertiary/aromatic N) is 3. The number of fused-ring (bicyclic) bond motifs is 1. The maximum atomic E-state index is 4.12. The molecule has 0 aliphatic heterocycles. The largest absolute Gasteiger partial charge is 0.334 e. The topological polar surface area (TPSA) is 30.7 Å². The van der Waals surface area contributed by atoms with Gasteiger partial charge in [-0.3, -0.25) is 0 Å². The van der Waals surface area contributed by atoms with Crippen LogP contribution in [0.1, 0.15) is 12.6 Å². The molecule has 62 valence electrons. The molecule has 0 aliphatic rings. The number of aryl methyl sites for hydroxylation is 2. The van der Waals surface area contributed by atoms with Crippen molar-refractivity contribution in [2.75, 3.05) is 0 Å². The first-order chi connectivity index (χ1) is 5.81. The van der Waals surface area contributed by atoms with Gasteiger partial charge in [0.05, 0.1) is 5.69 Å². The van der Waals surface area contributed by atoms with Crippen molar-refractivity contribution in [3.8, 4) is 0 Å². The summed E-state index contributed by atoms with van der Waals surface area (Å²) in [5.74, 6) is 0. The Morgan fingerprint density at radius 3 is 3.00 bits per heavy atom. The highest BCUT2D eigenvalue weighted by Crippen LogP contribution is 2.11. The van der Waals surface area contributed by atoms with Gasteiger partial charge >= 0.3 is 0 Å². The molecule has 0 saturated carbocycles. The molecule has 12 heavy (non-hydrogen) atoms. The monoisotopic (exact) mass is 161 g/mol. The van der Waals surface area contributed by atoms with Gasteiger partial charge in [0.25, 0.3) is 0 Å². The fourth-order valence-electron chi connectivity index (χ4n) is 1.27. The second-order valence-corrected chi connectivity index (χ2v) is 2.89. The van der Waals surface area contributed by atoms with Crippen LogP contribution in [0.4, 0.5) is 0 Å². The van der Waals surface area contributed by atoms with E-state index in [0.29, 0.717) is 0 Å². The molecule has 2 aromatic rings. The van der Waals surface area contributed by atoms with Gasteiger partial charge in [-0.2, -0.15) is 5.10 Å². The minimum Gasteiger partial charge on any atom is -0.334 e. The lowest BCUT2D eigenvalue weighted by Crippen LogP contribution is -1.93. The maximum Gasteiger partial charge on any atom is 0.162 e. The van der Waals surface area contributed by atoms with E-state index in [1.165, 1.54) is 5.39 Å². The summed E-state index contributed by atoms with van der Waals surface area (Å²) in [6.07, 6.45) is 2.94. The van der Waals surface area contributed by atoms with Gasteiger partial charge in [-0.05, 0) is 18.6 Å². The van der Waals surface area contributed by atoms with Crippen molar-refractivity contribution >= 4 is 11.0 Å². The van der Waals surface area contributed by atoms with Crippen LogP contribution in [0.5, 0.6) is 0 Å². The Bertz CT molecular complexity index is 403. The van der Waals surface area contributed by atoms with Gasteiger partial charge in [0.2, 0.25) is 0 Å². The SMILES string of the molecule is CCc1cc2ccn(C)c2nn1. The van der Waals surface area contributed by atoms with Crippen molar-refractivity contribution in [1.29, 1.82) is 0 Å². The second kappa shape index (κ2) is 2.59. The third-order valence-corrected chi connectivity index (χ3v) is 2.03. The van der Waals surface area contributed by atoms with Crippen LogP contribution in [0.2, 0.25) is 0 Å². The normalized spacial score (nSPS) is 10.8. The summed E-state index contributed by atoms with van der Waals surface area (Å²) in [5, 5.41) is 9.38. The molecule has 0 radical (unpaired) electrons. The average molecular weight is 161 g/mol. The van der Waals surface area contributed by atoms with Crippen LogP contribution in [0.25, 0.3) is 11.0 Å².